The average Bonchev–Trinajstić information content (AvgIpc) is 3.59. The van der Waals surface area contributed by atoms with Crippen molar-refractivity contribution in [1.82, 2.24) is 9.78 Å². The maximum atomic E-state index is 13.9. The van der Waals surface area contributed by atoms with Gasteiger partial charge in [-0.3, -0.25) is 4.79 Å². The smallest absolute Gasteiger partial charge is 0.267 e. The molecule has 0 atom stereocenters. The van der Waals surface area contributed by atoms with Crippen LogP contribution in [0.3, 0.4) is 0 Å². The molecule has 0 saturated heterocycles. The number of hydrogen-bond acceptors (Lipinski definition) is 5. The van der Waals surface area contributed by atoms with E-state index >= 15 is 0 Å². The Kier molecular flexibility index (Phi) is 8.40. The fourth-order valence-corrected chi connectivity index (χ4v) is 6.21. The van der Waals surface area contributed by atoms with Gasteiger partial charge in [-0.15, -0.1) is 23.5 Å². The monoisotopic (exact) mass is 586 g/mol. The van der Waals surface area contributed by atoms with Gasteiger partial charge in [0.1, 0.15) is 0 Å². The van der Waals surface area contributed by atoms with E-state index in [2.05, 4.69) is 62.4 Å². The van der Waals surface area contributed by atoms with Crippen LogP contribution in [0.25, 0.3) is 23.0 Å². The van der Waals surface area contributed by atoms with E-state index in [1.807, 2.05) is 89.4 Å². The first-order valence-electron chi connectivity index (χ1n) is 13.9. The standard InChI is InChI=1S/C35H30N4OS2/c1-3-41-30-20-16-26(17-21-30)34-27(23-38(37-34)28-10-6-4-7-11-28)22-32-33(24-42-31-18-14-25(2)15-19-31)36-39(35(32)40)29-12-8-5-9-13-29/h4-23H,3,24H2,1-2H3/b32-22-. The maximum absolute atomic E-state index is 13.9. The van der Waals surface area contributed by atoms with Crippen LogP contribution in [0.1, 0.15) is 18.1 Å². The third kappa shape index (κ3) is 6.12. The number of aromatic nitrogens is 2. The molecule has 0 unspecified atom stereocenters. The molecule has 0 fully saturated rings. The van der Waals surface area contributed by atoms with Crippen molar-refractivity contribution in [2.75, 3.05) is 16.5 Å². The Morgan fingerprint density at radius 2 is 1.38 bits per heavy atom. The van der Waals surface area contributed by atoms with E-state index in [1.54, 1.807) is 11.8 Å². The Bertz CT molecular complexity index is 1740. The molecule has 0 N–H and O–H groups in total. The van der Waals surface area contributed by atoms with Crippen LogP contribution in [-0.2, 0) is 4.79 Å². The second kappa shape index (κ2) is 12.7. The molecule has 6 rings (SSSR count). The van der Waals surface area contributed by atoms with Crippen molar-refractivity contribution < 1.29 is 4.79 Å². The summed E-state index contributed by atoms with van der Waals surface area (Å²) in [5.41, 5.74) is 6.90. The van der Waals surface area contributed by atoms with Gasteiger partial charge in [-0.05, 0) is 67.3 Å². The predicted molar refractivity (Wildman–Crippen MR) is 177 cm³/mol. The first kappa shape index (κ1) is 27.8. The fourth-order valence-electron chi connectivity index (χ4n) is 4.70. The molecule has 42 heavy (non-hydrogen) atoms. The summed E-state index contributed by atoms with van der Waals surface area (Å²) in [4.78, 5) is 16.3. The molecule has 0 radical (unpaired) electrons. The second-order valence-electron chi connectivity index (χ2n) is 9.83. The van der Waals surface area contributed by atoms with Crippen LogP contribution in [-0.4, -0.2) is 32.9 Å². The quantitative estimate of drug-likeness (QED) is 0.128. The Labute approximate surface area is 255 Å². The number of benzene rings is 4. The highest BCUT2D eigenvalue weighted by Gasteiger charge is 2.31. The number of thioether (sulfide) groups is 2. The summed E-state index contributed by atoms with van der Waals surface area (Å²) in [5.74, 6) is 1.44. The lowest BCUT2D eigenvalue weighted by Crippen LogP contribution is -2.21. The lowest BCUT2D eigenvalue weighted by molar-refractivity contribution is -0.114. The summed E-state index contributed by atoms with van der Waals surface area (Å²) < 4.78 is 1.88. The van der Waals surface area contributed by atoms with E-state index in [0.29, 0.717) is 11.3 Å². The number of aryl methyl sites for hydroxylation is 1. The molecule has 1 aromatic heterocycles. The van der Waals surface area contributed by atoms with Crippen molar-refractivity contribution in [3.8, 4) is 16.9 Å². The van der Waals surface area contributed by atoms with Gasteiger partial charge in [-0.1, -0.05) is 73.2 Å². The first-order chi connectivity index (χ1) is 20.6. The number of hydrogen-bond donors (Lipinski definition) is 0. The highest BCUT2D eigenvalue weighted by Crippen LogP contribution is 2.32. The summed E-state index contributed by atoms with van der Waals surface area (Å²) in [6.45, 7) is 4.23. The number of hydrazone groups is 1. The largest absolute Gasteiger partial charge is 0.280 e. The summed E-state index contributed by atoms with van der Waals surface area (Å²) in [7, 11) is 0. The molecule has 1 amide bonds. The number of rotatable bonds is 9. The van der Waals surface area contributed by atoms with Crippen LogP contribution in [0, 0.1) is 6.92 Å². The number of carbonyl (C=O) groups excluding carboxylic acids is 1. The Balaban J connectivity index is 1.42. The molecule has 0 spiro atoms. The highest BCUT2D eigenvalue weighted by atomic mass is 32.2. The third-order valence-electron chi connectivity index (χ3n) is 6.85. The van der Waals surface area contributed by atoms with Gasteiger partial charge in [0.25, 0.3) is 5.91 Å². The minimum absolute atomic E-state index is 0.145. The maximum Gasteiger partial charge on any atom is 0.280 e. The molecule has 4 aromatic carbocycles. The zero-order valence-corrected chi connectivity index (χ0v) is 25.1. The summed E-state index contributed by atoms with van der Waals surface area (Å²) in [6, 6.07) is 36.5. The molecule has 0 bridgehead atoms. The molecule has 0 saturated carbocycles. The number of para-hydroxylation sites is 2. The van der Waals surface area contributed by atoms with Crippen molar-refractivity contribution in [3.63, 3.8) is 0 Å². The van der Waals surface area contributed by atoms with Gasteiger partial charge in [0.05, 0.1) is 28.4 Å². The minimum atomic E-state index is -0.145. The van der Waals surface area contributed by atoms with Crippen molar-refractivity contribution in [2.45, 2.75) is 23.6 Å². The van der Waals surface area contributed by atoms with Crippen molar-refractivity contribution in [2.24, 2.45) is 5.10 Å². The van der Waals surface area contributed by atoms with E-state index < -0.39 is 0 Å². The van der Waals surface area contributed by atoms with E-state index in [9.17, 15) is 4.79 Å². The number of amides is 1. The van der Waals surface area contributed by atoms with E-state index in [0.717, 1.165) is 44.6 Å². The SMILES string of the molecule is CCSc1ccc(-c2nn(-c3ccccc3)cc2/C=C2\C(=O)N(c3ccccc3)N=C2CSc2ccc(C)cc2)cc1. The van der Waals surface area contributed by atoms with Crippen LogP contribution in [0.15, 0.2) is 136 Å². The Morgan fingerprint density at radius 1 is 0.762 bits per heavy atom. The van der Waals surface area contributed by atoms with E-state index in [4.69, 9.17) is 10.2 Å². The van der Waals surface area contributed by atoms with Crippen LogP contribution in [0.5, 0.6) is 0 Å². The summed E-state index contributed by atoms with van der Waals surface area (Å²) in [5, 5.41) is 11.3. The van der Waals surface area contributed by atoms with Crippen LogP contribution in [0.4, 0.5) is 5.69 Å². The van der Waals surface area contributed by atoms with E-state index in [-0.39, 0.29) is 5.91 Å². The van der Waals surface area contributed by atoms with Gasteiger partial charge in [0.15, 0.2) is 0 Å². The molecular formula is C35H30N4OS2. The lowest BCUT2D eigenvalue weighted by Gasteiger charge is -2.11. The molecule has 5 aromatic rings. The van der Waals surface area contributed by atoms with Gasteiger partial charge in [0, 0.05) is 32.9 Å². The average molecular weight is 587 g/mol. The Morgan fingerprint density at radius 3 is 2.05 bits per heavy atom. The predicted octanol–water partition coefficient (Wildman–Crippen LogP) is 8.54. The molecule has 0 aliphatic carbocycles. The molecule has 2 heterocycles. The third-order valence-corrected chi connectivity index (χ3v) is 8.77. The molecule has 7 heteroatoms. The van der Waals surface area contributed by atoms with Crippen molar-refractivity contribution >= 4 is 46.9 Å². The van der Waals surface area contributed by atoms with Gasteiger partial charge in [-0.25, -0.2) is 4.68 Å². The highest BCUT2D eigenvalue weighted by molar-refractivity contribution is 8.00. The zero-order chi connectivity index (χ0) is 28.9. The van der Waals surface area contributed by atoms with Gasteiger partial charge < -0.3 is 0 Å². The second-order valence-corrected chi connectivity index (χ2v) is 12.2. The van der Waals surface area contributed by atoms with Gasteiger partial charge in [0.2, 0.25) is 0 Å². The topological polar surface area (TPSA) is 50.5 Å². The normalized spacial score (nSPS) is 14.0. The van der Waals surface area contributed by atoms with Crippen molar-refractivity contribution in [1.29, 1.82) is 0 Å². The Hall–Kier alpha value is -4.33. The number of carbonyl (C=O) groups is 1. The summed E-state index contributed by atoms with van der Waals surface area (Å²) >= 11 is 3.48. The number of anilines is 1. The molecule has 1 aliphatic heterocycles. The minimum Gasteiger partial charge on any atom is -0.267 e. The van der Waals surface area contributed by atoms with Crippen LogP contribution < -0.4 is 5.01 Å². The van der Waals surface area contributed by atoms with Gasteiger partial charge in [-0.2, -0.15) is 15.2 Å². The molecule has 208 valence electrons. The lowest BCUT2D eigenvalue weighted by atomic mass is 10.0. The first-order valence-corrected chi connectivity index (χ1v) is 15.8. The van der Waals surface area contributed by atoms with Crippen LogP contribution >= 0.6 is 23.5 Å². The van der Waals surface area contributed by atoms with Crippen LogP contribution in [0.2, 0.25) is 0 Å². The van der Waals surface area contributed by atoms with Gasteiger partial charge >= 0.3 is 0 Å². The summed E-state index contributed by atoms with van der Waals surface area (Å²) in [6.07, 6.45) is 3.95. The number of nitrogens with zero attached hydrogens (tertiary/aromatic N) is 4. The van der Waals surface area contributed by atoms with E-state index in [1.165, 1.54) is 15.5 Å². The molecule has 1 aliphatic rings. The van der Waals surface area contributed by atoms with Crippen molar-refractivity contribution in [3.05, 3.63) is 132 Å². The fraction of sp³-hybridized carbons (Fsp3) is 0.114. The molecule has 5 nitrogen and oxygen atoms in total. The molecular weight excluding hydrogens is 557 g/mol. The zero-order valence-electron chi connectivity index (χ0n) is 23.5.